The number of halogens is 3. The molecule has 3 aromatic rings. The highest BCUT2D eigenvalue weighted by atomic mass is 19.4. The first-order chi connectivity index (χ1) is 14.9. The van der Waals surface area contributed by atoms with E-state index in [4.69, 9.17) is 4.74 Å². The van der Waals surface area contributed by atoms with Crippen molar-refractivity contribution in [1.29, 1.82) is 0 Å². The summed E-state index contributed by atoms with van der Waals surface area (Å²) in [5, 5.41) is 11.1. The van der Waals surface area contributed by atoms with Crippen molar-refractivity contribution in [2.75, 3.05) is 6.61 Å². The predicted molar refractivity (Wildman–Crippen MR) is 115 cm³/mol. The lowest BCUT2D eigenvalue weighted by Gasteiger charge is -2.39. The van der Waals surface area contributed by atoms with Gasteiger partial charge in [-0.3, -0.25) is 9.78 Å². The molecule has 32 heavy (non-hydrogen) atoms. The maximum atomic E-state index is 14.3. The third kappa shape index (κ3) is 3.77. The summed E-state index contributed by atoms with van der Waals surface area (Å²) in [6.45, 7) is 4.60. The lowest BCUT2D eigenvalue weighted by Crippen LogP contribution is -2.52. The molecule has 0 radical (unpaired) electrons. The normalized spacial score (nSPS) is 16.0. The van der Waals surface area contributed by atoms with Crippen LogP contribution in [0.3, 0.4) is 0 Å². The molecule has 0 saturated heterocycles. The minimum atomic E-state index is -4.91. The SMILES string of the molecule is Cc1cn(CC(O)(CC(C)(C)c2cccc3c2OCC3)C(F)(F)F)c2cccnc2c1=O. The summed E-state index contributed by atoms with van der Waals surface area (Å²) >= 11 is 0. The third-order valence-corrected chi connectivity index (χ3v) is 6.16. The highest BCUT2D eigenvalue weighted by molar-refractivity contribution is 5.74. The highest BCUT2D eigenvalue weighted by Crippen LogP contribution is 2.46. The molecule has 170 valence electrons. The maximum Gasteiger partial charge on any atom is 0.418 e. The summed E-state index contributed by atoms with van der Waals surface area (Å²) in [5.74, 6) is 0.607. The number of para-hydroxylation sites is 1. The average molecular weight is 446 g/mol. The van der Waals surface area contributed by atoms with E-state index < -0.39 is 30.2 Å². The van der Waals surface area contributed by atoms with Crippen LogP contribution < -0.4 is 10.2 Å². The summed E-state index contributed by atoms with van der Waals surface area (Å²) in [7, 11) is 0. The maximum absolute atomic E-state index is 14.3. The number of aromatic nitrogens is 2. The topological polar surface area (TPSA) is 64.3 Å². The van der Waals surface area contributed by atoms with E-state index in [9.17, 15) is 23.1 Å². The molecule has 1 aliphatic rings. The number of fused-ring (bicyclic) bond motifs is 2. The number of hydrogen-bond donors (Lipinski definition) is 1. The van der Waals surface area contributed by atoms with Gasteiger partial charge in [0, 0.05) is 29.9 Å². The van der Waals surface area contributed by atoms with Crippen molar-refractivity contribution in [3.63, 3.8) is 0 Å². The van der Waals surface area contributed by atoms with Gasteiger partial charge in [0.25, 0.3) is 0 Å². The van der Waals surface area contributed by atoms with Crippen molar-refractivity contribution in [1.82, 2.24) is 9.55 Å². The Bertz CT molecular complexity index is 1230. The van der Waals surface area contributed by atoms with Crippen LogP contribution in [0.2, 0.25) is 0 Å². The lowest BCUT2D eigenvalue weighted by molar-refractivity contribution is -0.271. The van der Waals surface area contributed by atoms with Gasteiger partial charge in [-0.15, -0.1) is 0 Å². The third-order valence-electron chi connectivity index (χ3n) is 6.16. The number of aryl methyl sites for hydroxylation is 1. The molecule has 0 bridgehead atoms. The Labute approximate surface area is 183 Å². The number of hydrogen-bond acceptors (Lipinski definition) is 4. The fourth-order valence-electron chi connectivity index (χ4n) is 4.59. The van der Waals surface area contributed by atoms with Gasteiger partial charge < -0.3 is 14.4 Å². The van der Waals surface area contributed by atoms with Crippen LogP contribution in [0.5, 0.6) is 5.75 Å². The van der Waals surface area contributed by atoms with Gasteiger partial charge in [0.2, 0.25) is 5.43 Å². The number of pyridine rings is 2. The van der Waals surface area contributed by atoms with E-state index in [-0.39, 0.29) is 22.0 Å². The smallest absolute Gasteiger partial charge is 0.418 e. The van der Waals surface area contributed by atoms with E-state index in [1.165, 1.54) is 30.0 Å². The number of aliphatic hydroxyl groups is 1. The van der Waals surface area contributed by atoms with Crippen molar-refractivity contribution in [3.05, 3.63) is 69.6 Å². The molecular weight excluding hydrogens is 421 g/mol. The van der Waals surface area contributed by atoms with Gasteiger partial charge >= 0.3 is 6.18 Å². The van der Waals surface area contributed by atoms with Crippen molar-refractivity contribution in [2.24, 2.45) is 0 Å². The zero-order valence-corrected chi connectivity index (χ0v) is 18.2. The van der Waals surface area contributed by atoms with Crippen LogP contribution in [-0.2, 0) is 18.4 Å². The highest BCUT2D eigenvalue weighted by Gasteiger charge is 2.56. The molecule has 4 rings (SSSR count). The second-order valence-electron chi connectivity index (χ2n) is 9.12. The Morgan fingerprint density at radius 2 is 1.94 bits per heavy atom. The second-order valence-corrected chi connectivity index (χ2v) is 9.12. The van der Waals surface area contributed by atoms with Crippen LogP contribution in [0.15, 0.2) is 47.5 Å². The van der Waals surface area contributed by atoms with Gasteiger partial charge in [-0.25, -0.2) is 0 Å². The van der Waals surface area contributed by atoms with Crippen molar-refractivity contribution in [2.45, 2.75) is 57.3 Å². The lowest BCUT2D eigenvalue weighted by atomic mass is 9.74. The molecule has 1 atom stereocenters. The zero-order valence-electron chi connectivity index (χ0n) is 18.2. The van der Waals surface area contributed by atoms with Crippen LogP contribution in [0.1, 0.15) is 37.0 Å². The Kier molecular flexibility index (Phi) is 5.32. The van der Waals surface area contributed by atoms with E-state index in [0.717, 1.165) is 5.56 Å². The van der Waals surface area contributed by atoms with E-state index in [1.807, 2.05) is 12.1 Å². The number of rotatable bonds is 5. The summed E-state index contributed by atoms with van der Waals surface area (Å²) in [6.07, 6.45) is -2.02. The number of benzene rings is 1. The van der Waals surface area contributed by atoms with Crippen molar-refractivity contribution < 1.29 is 23.0 Å². The molecule has 1 N–H and O–H groups in total. The fraction of sp³-hybridized carbons (Fsp3) is 0.417. The van der Waals surface area contributed by atoms with E-state index in [2.05, 4.69) is 4.98 Å². The zero-order chi connectivity index (χ0) is 23.3. The first kappa shape index (κ1) is 22.3. The molecule has 2 aromatic heterocycles. The Balaban J connectivity index is 1.78. The van der Waals surface area contributed by atoms with Gasteiger partial charge in [0.1, 0.15) is 11.3 Å². The molecule has 0 amide bonds. The van der Waals surface area contributed by atoms with Crippen LogP contribution in [0, 0.1) is 6.92 Å². The van der Waals surface area contributed by atoms with Gasteiger partial charge in [0.05, 0.1) is 18.7 Å². The summed E-state index contributed by atoms with van der Waals surface area (Å²) in [5.41, 5.74) is -2.27. The van der Waals surface area contributed by atoms with E-state index in [1.54, 1.807) is 26.0 Å². The molecule has 0 aliphatic carbocycles. The predicted octanol–water partition coefficient (Wildman–Crippen LogP) is 4.30. The van der Waals surface area contributed by atoms with Gasteiger partial charge in [-0.05, 0) is 36.5 Å². The molecule has 0 saturated carbocycles. The summed E-state index contributed by atoms with van der Waals surface area (Å²) in [6, 6.07) is 8.54. The van der Waals surface area contributed by atoms with Crippen LogP contribution >= 0.6 is 0 Å². The summed E-state index contributed by atoms with van der Waals surface area (Å²) < 4.78 is 49.9. The minimum Gasteiger partial charge on any atom is -0.493 e. The van der Waals surface area contributed by atoms with E-state index >= 15 is 0 Å². The van der Waals surface area contributed by atoms with Gasteiger partial charge in [0.15, 0.2) is 5.60 Å². The molecule has 1 aromatic carbocycles. The van der Waals surface area contributed by atoms with Crippen molar-refractivity contribution >= 4 is 11.0 Å². The monoisotopic (exact) mass is 446 g/mol. The van der Waals surface area contributed by atoms with Crippen LogP contribution in [0.4, 0.5) is 13.2 Å². The van der Waals surface area contributed by atoms with E-state index in [0.29, 0.717) is 24.3 Å². The minimum absolute atomic E-state index is 0.0746. The largest absolute Gasteiger partial charge is 0.493 e. The van der Waals surface area contributed by atoms with Crippen LogP contribution in [0.25, 0.3) is 11.0 Å². The molecule has 0 spiro atoms. The first-order valence-electron chi connectivity index (χ1n) is 10.4. The fourth-order valence-corrected chi connectivity index (χ4v) is 4.59. The molecule has 3 heterocycles. The Morgan fingerprint density at radius 1 is 1.19 bits per heavy atom. The molecule has 1 unspecified atom stereocenters. The van der Waals surface area contributed by atoms with Gasteiger partial charge in [-0.2, -0.15) is 13.2 Å². The van der Waals surface area contributed by atoms with Gasteiger partial charge in [-0.1, -0.05) is 32.0 Å². The second kappa shape index (κ2) is 7.62. The molecule has 5 nitrogen and oxygen atoms in total. The van der Waals surface area contributed by atoms with Crippen LogP contribution in [-0.4, -0.2) is 33.0 Å². The first-order valence-corrected chi connectivity index (χ1v) is 10.4. The molecular formula is C24H25F3N2O3. The Morgan fingerprint density at radius 3 is 2.66 bits per heavy atom. The quantitative estimate of drug-likeness (QED) is 0.635. The molecule has 8 heteroatoms. The standard InChI is InChI=1S/C24H25F3N2O3/c1-15-12-29(18-8-5-10-28-19(18)20(15)30)14-23(31,24(25,26)27)13-22(2,3)17-7-4-6-16-9-11-32-21(16)17/h4-8,10,12,31H,9,11,13-14H2,1-3H3. The molecule has 1 aliphatic heterocycles. The Hall–Kier alpha value is -2.87. The summed E-state index contributed by atoms with van der Waals surface area (Å²) in [4.78, 5) is 16.4. The molecule has 0 fully saturated rings. The number of nitrogens with zero attached hydrogens (tertiary/aromatic N) is 2. The number of ether oxygens (including phenoxy) is 1. The van der Waals surface area contributed by atoms with Crippen molar-refractivity contribution in [3.8, 4) is 5.75 Å². The number of alkyl halides is 3. The average Bonchev–Trinajstić information content (AvgIpc) is 3.19.